The van der Waals surface area contributed by atoms with Crippen molar-refractivity contribution >= 4 is 23.6 Å². The van der Waals surface area contributed by atoms with Crippen LogP contribution in [0.5, 0.6) is 0 Å². The van der Waals surface area contributed by atoms with Gasteiger partial charge in [0.1, 0.15) is 0 Å². The van der Waals surface area contributed by atoms with Crippen LogP contribution in [-0.4, -0.2) is 35.1 Å². The minimum absolute atomic E-state index is 0.280. The Labute approximate surface area is 148 Å². The zero-order chi connectivity index (χ0) is 16.9. The number of carbonyl (C=O) groups excluding carboxylic acids is 2. The number of hydrogen-bond acceptors (Lipinski definition) is 3. The van der Waals surface area contributed by atoms with Crippen LogP contribution in [0.4, 0.5) is 0 Å². The summed E-state index contributed by atoms with van der Waals surface area (Å²) in [5.41, 5.74) is 6.88. The van der Waals surface area contributed by atoms with Crippen molar-refractivity contribution in [2.75, 3.05) is 12.3 Å². The third-order valence-electron chi connectivity index (χ3n) is 5.27. The summed E-state index contributed by atoms with van der Waals surface area (Å²) in [4.78, 5) is 26.0. The van der Waals surface area contributed by atoms with Gasteiger partial charge in [0.15, 0.2) is 0 Å². The van der Waals surface area contributed by atoms with Crippen LogP contribution >= 0.6 is 11.8 Å². The van der Waals surface area contributed by atoms with Gasteiger partial charge >= 0.3 is 0 Å². The van der Waals surface area contributed by atoms with E-state index in [9.17, 15) is 9.59 Å². The van der Waals surface area contributed by atoms with E-state index in [0.717, 1.165) is 30.2 Å². The highest BCUT2D eigenvalue weighted by atomic mass is 32.2. The highest BCUT2D eigenvalue weighted by Crippen LogP contribution is 2.35. The Morgan fingerprint density at radius 1 is 1.17 bits per heavy atom. The predicted molar refractivity (Wildman–Crippen MR) is 97.8 cm³/mol. The Bertz CT molecular complexity index is 603. The molecule has 0 radical (unpaired) electrons. The second kappa shape index (κ2) is 8.06. The molecular formula is C19H26N2O2S. The van der Waals surface area contributed by atoms with Crippen LogP contribution in [0.2, 0.25) is 0 Å². The lowest BCUT2D eigenvalue weighted by atomic mass is 9.78. The summed E-state index contributed by atoms with van der Waals surface area (Å²) in [5, 5.41) is 0. The van der Waals surface area contributed by atoms with Crippen molar-refractivity contribution in [2.45, 2.75) is 50.3 Å². The molecule has 2 atom stereocenters. The van der Waals surface area contributed by atoms with Crippen molar-refractivity contribution in [3.05, 3.63) is 35.4 Å². The number of hydrogen-bond donors (Lipinski definition) is 1. The molecule has 0 aromatic heterocycles. The monoisotopic (exact) mass is 346 g/mol. The topological polar surface area (TPSA) is 63.4 Å². The van der Waals surface area contributed by atoms with E-state index in [0.29, 0.717) is 17.4 Å². The van der Waals surface area contributed by atoms with E-state index in [4.69, 9.17) is 5.73 Å². The molecule has 1 aliphatic heterocycles. The molecule has 1 aromatic rings. The van der Waals surface area contributed by atoms with Crippen LogP contribution < -0.4 is 5.73 Å². The summed E-state index contributed by atoms with van der Waals surface area (Å²) in [7, 11) is 0. The third-order valence-corrected chi connectivity index (χ3v) is 6.26. The van der Waals surface area contributed by atoms with E-state index in [1.165, 1.54) is 32.1 Å². The molecule has 2 N–H and O–H groups in total. The first-order valence-electron chi connectivity index (χ1n) is 8.91. The fourth-order valence-corrected chi connectivity index (χ4v) is 4.95. The van der Waals surface area contributed by atoms with Gasteiger partial charge in [-0.25, -0.2) is 0 Å². The van der Waals surface area contributed by atoms with Crippen LogP contribution in [0.25, 0.3) is 0 Å². The van der Waals surface area contributed by atoms with Crippen molar-refractivity contribution in [1.82, 2.24) is 4.90 Å². The van der Waals surface area contributed by atoms with Crippen molar-refractivity contribution in [1.29, 1.82) is 0 Å². The van der Waals surface area contributed by atoms with E-state index in [-0.39, 0.29) is 5.91 Å². The molecule has 0 spiro atoms. The van der Waals surface area contributed by atoms with Crippen molar-refractivity contribution in [3.63, 3.8) is 0 Å². The number of nitrogens with zero attached hydrogens (tertiary/aromatic N) is 1. The maximum Gasteiger partial charge on any atom is 0.248 e. The van der Waals surface area contributed by atoms with Crippen molar-refractivity contribution in [2.24, 2.45) is 11.7 Å². The molecule has 1 heterocycles. The summed E-state index contributed by atoms with van der Waals surface area (Å²) in [6, 6.07) is 7.84. The minimum atomic E-state index is -0.408. The number of carbonyl (C=O) groups is 2. The zero-order valence-electron chi connectivity index (χ0n) is 14.1. The van der Waals surface area contributed by atoms with E-state index >= 15 is 0 Å². The van der Waals surface area contributed by atoms with Gasteiger partial charge in [-0.05, 0) is 49.3 Å². The first kappa shape index (κ1) is 17.3. The molecule has 2 amide bonds. The lowest BCUT2D eigenvalue weighted by molar-refractivity contribution is -0.134. The quantitative estimate of drug-likeness (QED) is 0.890. The standard InChI is InChI=1S/C19H26N2O2S/c20-19(23)16-7-3-5-14(11-16)12-24-13-18(22)21-10-4-8-15-6-1-2-9-17(15)21/h3,5,7,11,15,17H,1-2,4,6,8-10,12-13H2,(H2,20,23). The fraction of sp³-hybridized carbons (Fsp3) is 0.579. The van der Waals surface area contributed by atoms with Crippen LogP contribution in [0.1, 0.15) is 54.4 Å². The first-order chi connectivity index (χ1) is 11.6. The first-order valence-corrected chi connectivity index (χ1v) is 10.1. The molecule has 1 aromatic carbocycles. The Balaban J connectivity index is 1.52. The number of piperidine rings is 1. The molecule has 24 heavy (non-hydrogen) atoms. The van der Waals surface area contributed by atoms with Gasteiger partial charge in [0.05, 0.1) is 5.75 Å². The zero-order valence-corrected chi connectivity index (χ0v) is 14.9. The lowest BCUT2D eigenvalue weighted by Gasteiger charge is -2.44. The van der Waals surface area contributed by atoms with E-state index in [1.54, 1.807) is 17.8 Å². The Morgan fingerprint density at radius 2 is 1.96 bits per heavy atom. The average molecular weight is 346 g/mol. The molecule has 3 rings (SSSR count). The maximum absolute atomic E-state index is 12.6. The van der Waals surface area contributed by atoms with Crippen LogP contribution in [0.3, 0.4) is 0 Å². The van der Waals surface area contributed by atoms with E-state index in [1.807, 2.05) is 18.2 Å². The number of likely N-dealkylation sites (tertiary alicyclic amines) is 1. The average Bonchev–Trinajstić information content (AvgIpc) is 2.61. The van der Waals surface area contributed by atoms with E-state index < -0.39 is 5.91 Å². The van der Waals surface area contributed by atoms with E-state index in [2.05, 4.69) is 4.90 Å². The number of rotatable bonds is 5. The van der Waals surface area contributed by atoms with Gasteiger partial charge < -0.3 is 10.6 Å². The smallest absolute Gasteiger partial charge is 0.248 e. The van der Waals surface area contributed by atoms with Gasteiger partial charge in [-0.3, -0.25) is 9.59 Å². The van der Waals surface area contributed by atoms with Crippen molar-refractivity contribution in [3.8, 4) is 0 Å². The summed E-state index contributed by atoms with van der Waals surface area (Å²) < 4.78 is 0. The number of benzene rings is 1. The van der Waals surface area contributed by atoms with Gasteiger partial charge in [0.25, 0.3) is 0 Å². The molecule has 2 fully saturated rings. The highest BCUT2D eigenvalue weighted by Gasteiger charge is 2.35. The molecule has 0 bridgehead atoms. The largest absolute Gasteiger partial charge is 0.366 e. The molecule has 1 saturated carbocycles. The molecule has 1 saturated heterocycles. The molecular weight excluding hydrogens is 320 g/mol. The summed E-state index contributed by atoms with van der Waals surface area (Å²) in [5.74, 6) is 1.85. The Hall–Kier alpha value is -1.49. The van der Waals surface area contributed by atoms with Gasteiger partial charge in [0.2, 0.25) is 11.8 Å². The second-order valence-electron chi connectivity index (χ2n) is 6.90. The summed E-state index contributed by atoms with van der Waals surface area (Å²) >= 11 is 1.62. The number of fused-ring (bicyclic) bond motifs is 1. The number of amides is 2. The molecule has 4 nitrogen and oxygen atoms in total. The fourth-order valence-electron chi connectivity index (χ4n) is 4.09. The molecule has 1 aliphatic carbocycles. The van der Waals surface area contributed by atoms with Gasteiger partial charge in [-0.1, -0.05) is 25.0 Å². The second-order valence-corrected chi connectivity index (χ2v) is 7.88. The van der Waals surface area contributed by atoms with Gasteiger partial charge in [-0.15, -0.1) is 11.8 Å². The predicted octanol–water partition coefficient (Wildman–Crippen LogP) is 3.20. The third kappa shape index (κ3) is 4.12. The minimum Gasteiger partial charge on any atom is -0.366 e. The normalized spacial score (nSPS) is 23.6. The molecule has 5 heteroatoms. The number of thioether (sulfide) groups is 1. The van der Waals surface area contributed by atoms with Crippen LogP contribution in [0.15, 0.2) is 24.3 Å². The maximum atomic E-state index is 12.6. The van der Waals surface area contributed by atoms with Crippen LogP contribution in [-0.2, 0) is 10.5 Å². The number of nitrogens with two attached hydrogens (primary N) is 1. The Kier molecular flexibility index (Phi) is 5.82. The summed E-state index contributed by atoms with van der Waals surface area (Å²) in [6.45, 7) is 0.928. The molecule has 130 valence electrons. The van der Waals surface area contributed by atoms with Gasteiger partial charge in [-0.2, -0.15) is 0 Å². The summed E-state index contributed by atoms with van der Waals surface area (Å²) in [6.07, 6.45) is 7.51. The highest BCUT2D eigenvalue weighted by molar-refractivity contribution is 7.99. The van der Waals surface area contributed by atoms with Crippen LogP contribution in [0, 0.1) is 5.92 Å². The Morgan fingerprint density at radius 3 is 2.79 bits per heavy atom. The molecule has 2 unspecified atom stereocenters. The SMILES string of the molecule is NC(=O)c1cccc(CSCC(=O)N2CCCC3CCCCC32)c1. The van der Waals surface area contributed by atoms with Crippen molar-refractivity contribution < 1.29 is 9.59 Å². The lowest BCUT2D eigenvalue weighted by Crippen LogP contribution is -2.50. The number of primary amides is 1. The van der Waals surface area contributed by atoms with Gasteiger partial charge in [0, 0.05) is 23.9 Å². The molecule has 2 aliphatic rings.